The smallest absolute Gasteiger partial charge is 0.0152 e. The van der Waals surface area contributed by atoms with Gasteiger partial charge >= 0.3 is 0 Å². The fraction of sp³-hybridized carbons (Fsp3) is 0.478. The first-order valence-electron chi connectivity index (χ1n) is 9.46. The number of aryl methyl sites for hydroxylation is 2. The minimum atomic E-state index is 1.21. The molecule has 0 saturated heterocycles. The summed E-state index contributed by atoms with van der Waals surface area (Å²) in [5, 5.41) is 0. The van der Waals surface area contributed by atoms with E-state index in [0.717, 1.165) is 0 Å². The van der Waals surface area contributed by atoms with Gasteiger partial charge in [-0.1, -0.05) is 106 Å². The molecule has 23 heavy (non-hydrogen) atoms. The second-order valence-electron chi connectivity index (χ2n) is 6.75. The van der Waals surface area contributed by atoms with Gasteiger partial charge in [0.05, 0.1) is 0 Å². The number of hydrogen-bond acceptors (Lipinski definition) is 0. The van der Waals surface area contributed by atoms with Crippen LogP contribution in [-0.4, -0.2) is 0 Å². The molecule has 0 aliphatic heterocycles. The minimum Gasteiger partial charge on any atom is -0.0654 e. The highest BCUT2D eigenvalue weighted by atomic mass is 14.1. The highest BCUT2D eigenvalue weighted by molar-refractivity contribution is 5.67. The standard InChI is InChI=1S/C23H32/c1-3-4-5-6-7-8-9-10-15-21-16-11-12-18-23(21)22-17-13-14-20(2)19-22/h11-14,16-19H,3-10,15H2,1-2H3. The van der Waals surface area contributed by atoms with Crippen LogP contribution in [-0.2, 0) is 6.42 Å². The van der Waals surface area contributed by atoms with Crippen molar-refractivity contribution in [3.8, 4) is 11.1 Å². The lowest BCUT2D eigenvalue weighted by molar-refractivity contribution is 0.575. The molecule has 0 heteroatoms. The van der Waals surface area contributed by atoms with Crippen molar-refractivity contribution < 1.29 is 0 Å². The molecule has 2 aromatic carbocycles. The third-order valence-corrected chi connectivity index (χ3v) is 4.65. The molecule has 2 rings (SSSR count). The van der Waals surface area contributed by atoms with Crippen molar-refractivity contribution in [1.29, 1.82) is 0 Å². The Hall–Kier alpha value is -1.56. The van der Waals surface area contributed by atoms with Gasteiger partial charge in [0.25, 0.3) is 0 Å². The number of rotatable bonds is 10. The van der Waals surface area contributed by atoms with Gasteiger partial charge in [0.1, 0.15) is 0 Å². The SMILES string of the molecule is CCCCCCCCCCc1ccccc1-c1cccc(C)c1. The first-order valence-corrected chi connectivity index (χ1v) is 9.46. The maximum atomic E-state index is 2.30. The summed E-state index contributed by atoms with van der Waals surface area (Å²) >= 11 is 0. The van der Waals surface area contributed by atoms with Crippen LogP contribution in [0.25, 0.3) is 11.1 Å². The predicted molar refractivity (Wildman–Crippen MR) is 103 cm³/mol. The molecule has 0 unspecified atom stereocenters. The molecule has 0 fully saturated rings. The molecule has 0 heterocycles. The van der Waals surface area contributed by atoms with Crippen LogP contribution in [0.2, 0.25) is 0 Å². The van der Waals surface area contributed by atoms with E-state index in [9.17, 15) is 0 Å². The highest BCUT2D eigenvalue weighted by Crippen LogP contribution is 2.26. The predicted octanol–water partition coefficient (Wildman–Crippen LogP) is 7.35. The molecule has 0 aromatic heterocycles. The third kappa shape index (κ3) is 6.22. The van der Waals surface area contributed by atoms with E-state index in [1.807, 2.05) is 0 Å². The third-order valence-electron chi connectivity index (χ3n) is 4.65. The van der Waals surface area contributed by atoms with Crippen LogP contribution in [0, 0.1) is 6.92 Å². The lowest BCUT2D eigenvalue weighted by atomic mass is 9.95. The zero-order valence-electron chi connectivity index (χ0n) is 15.0. The largest absolute Gasteiger partial charge is 0.0654 e. The Morgan fingerprint density at radius 3 is 2.13 bits per heavy atom. The molecule has 0 saturated carbocycles. The van der Waals surface area contributed by atoms with E-state index in [2.05, 4.69) is 62.4 Å². The molecular formula is C23H32. The van der Waals surface area contributed by atoms with Crippen LogP contribution < -0.4 is 0 Å². The Morgan fingerprint density at radius 1 is 0.696 bits per heavy atom. The molecule has 0 aliphatic rings. The number of unbranched alkanes of at least 4 members (excludes halogenated alkanes) is 7. The topological polar surface area (TPSA) is 0 Å². The molecule has 0 radical (unpaired) electrons. The monoisotopic (exact) mass is 308 g/mol. The fourth-order valence-corrected chi connectivity index (χ4v) is 3.28. The summed E-state index contributed by atoms with van der Waals surface area (Å²) in [4.78, 5) is 0. The van der Waals surface area contributed by atoms with Gasteiger partial charge in [0, 0.05) is 0 Å². The van der Waals surface area contributed by atoms with E-state index >= 15 is 0 Å². The molecule has 0 aliphatic carbocycles. The maximum absolute atomic E-state index is 2.30. The van der Waals surface area contributed by atoms with E-state index in [1.54, 1.807) is 0 Å². The molecule has 0 N–H and O–H groups in total. The van der Waals surface area contributed by atoms with Gasteiger partial charge in [0.2, 0.25) is 0 Å². The fourth-order valence-electron chi connectivity index (χ4n) is 3.28. The first-order chi connectivity index (χ1) is 11.3. The quantitative estimate of drug-likeness (QED) is 0.403. The average Bonchev–Trinajstić information content (AvgIpc) is 2.58. The number of hydrogen-bond donors (Lipinski definition) is 0. The summed E-state index contributed by atoms with van der Waals surface area (Å²) in [7, 11) is 0. The van der Waals surface area contributed by atoms with Crippen molar-refractivity contribution in [1.82, 2.24) is 0 Å². The van der Waals surface area contributed by atoms with Crippen molar-refractivity contribution in [3.05, 3.63) is 59.7 Å². The lowest BCUT2D eigenvalue weighted by Crippen LogP contribution is -1.91. The minimum absolute atomic E-state index is 1.21. The zero-order valence-corrected chi connectivity index (χ0v) is 15.0. The Morgan fingerprint density at radius 2 is 1.39 bits per heavy atom. The summed E-state index contributed by atoms with van der Waals surface area (Å²) in [5.74, 6) is 0. The van der Waals surface area contributed by atoms with E-state index in [1.165, 1.54) is 80.0 Å². The summed E-state index contributed by atoms with van der Waals surface area (Å²) in [6, 6.07) is 17.8. The molecule has 2 aromatic rings. The molecular weight excluding hydrogens is 276 g/mol. The molecule has 0 amide bonds. The van der Waals surface area contributed by atoms with Crippen LogP contribution in [0.1, 0.15) is 69.4 Å². The van der Waals surface area contributed by atoms with Crippen molar-refractivity contribution in [2.75, 3.05) is 0 Å². The molecule has 0 spiro atoms. The van der Waals surface area contributed by atoms with Crippen molar-refractivity contribution in [2.45, 2.75) is 71.6 Å². The summed E-state index contributed by atoms with van der Waals surface area (Å²) in [6.07, 6.45) is 12.3. The van der Waals surface area contributed by atoms with Crippen LogP contribution in [0.5, 0.6) is 0 Å². The second kappa shape index (κ2) is 10.3. The molecule has 0 atom stereocenters. The van der Waals surface area contributed by atoms with E-state index in [0.29, 0.717) is 0 Å². The molecule has 0 bridgehead atoms. The van der Waals surface area contributed by atoms with Crippen molar-refractivity contribution in [3.63, 3.8) is 0 Å². The zero-order chi connectivity index (χ0) is 16.3. The van der Waals surface area contributed by atoms with Gasteiger partial charge in [-0.3, -0.25) is 0 Å². The van der Waals surface area contributed by atoms with Crippen LogP contribution in [0.3, 0.4) is 0 Å². The molecule has 124 valence electrons. The summed E-state index contributed by atoms with van der Waals surface area (Å²) in [6.45, 7) is 4.45. The summed E-state index contributed by atoms with van der Waals surface area (Å²) in [5.41, 5.74) is 5.62. The maximum Gasteiger partial charge on any atom is -0.0152 e. The normalized spacial score (nSPS) is 10.9. The van der Waals surface area contributed by atoms with Gasteiger partial charge in [-0.15, -0.1) is 0 Å². The van der Waals surface area contributed by atoms with Gasteiger partial charge in [0.15, 0.2) is 0 Å². The highest BCUT2D eigenvalue weighted by Gasteiger charge is 2.04. The lowest BCUT2D eigenvalue weighted by Gasteiger charge is -2.10. The Balaban J connectivity index is 1.82. The van der Waals surface area contributed by atoms with Gasteiger partial charge < -0.3 is 0 Å². The van der Waals surface area contributed by atoms with Gasteiger partial charge in [-0.25, -0.2) is 0 Å². The van der Waals surface area contributed by atoms with E-state index in [-0.39, 0.29) is 0 Å². The van der Waals surface area contributed by atoms with Gasteiger partial charge in [-0.2, -0.15) is 0 Å². The van der Waals surface area contributed by atoms with E-state index < -0.39 is 0 Å². The van der Waals surface area contributed by atoms with Crippen molar-refractivity contribution >= 4 is 0 Å². The molecule has 0 nitrogen and oxygen atoms in total. The second-order valence-corrected chi connectivity index (χ2v) is 6.75. The summed E-state index contributed by atoms with van der Waals surface area (Å²) < 4.78 is 0. The van der Waals surface area contributed by atoms with Crippen LogP contribution in [0.15, 0.2) is 48.5 Å². The first kappa shape index (κ1) is 17.8. The average molecular weight is 309 g/mol. The Labute approximate surface area is 143 Å². The van der Waals surface area contributed by atoms with Gasteiger partial charge in [-0.05, 0) is 36.5 Å². The van der Waals surface area contributed by atoms with Crippen molar-refractivity contribution in [2.24, 2.45) is 0 Å². The van der Waals surface area contributed by atoms with Crippen LogP contribution in [0.4, 0.5) is 0 Å². The Kier molecular flexibility index (Phi) is 7.93. The Bertz CT molecular complexity index is 568. The van der Waals surface area contributed by atoms with Crippen LogP contribution >= 0.6 is 0 Å². The number of benzene rings is 2. The van der Waals surface area contributed by atoms with E-state index in [4.69, 9.17) is 0 Å².